The van der Waals surface area contributed by atoms with Gasteiger partial charge < -0.3 is 4.90 Å². The predicted molar refractivity (Wildman–Crippen MR) is 111 cm³/mol. The summed E-state index contributed by atoms with van der Waals surface area (Å²) in [6.45, 7) is 4.96. The summed E-state index contributed by atoms with van der Waals surface area (Å²) in [6.07, 6.45) is 5.19. The number of hydrogen-bond acceptors (Lipinski definition) is 5. The van der Waals surface area contributed by atoms with Crippen molar-refractivity contribution in [3.05, 3.63) is 53.0 Å². The lowest BCUT2D eigenvalue weighted by atomic mass is 9.97. The Kier molecular flexibility index (Phi) is 5.38. The smallest absolute Gasteiger partial charge is 0.211 e. The molecule has 0 radical (unpaired) electrons. The fourth-order valence-corrected chi connectivity index (χ4v) is 5.22. The number of fused-ring (bicyclic) bond motifs is 1. The standard InChI is InChI=1S/C21H28N4O2S/c1-16-19-11-7-12-24(14-17-8-4-3-5-9-17)21(19)23-20(22-16)18-10-6-13-25(15-18)28(2,26)27/h3-5,8-9,18H,6-7,10-15H2,1-2H3/t18-/m1/s1. The van der Waals surface area contributed by atoms with Gasteiger partial charge in [0, 0.05) is 43.4 Å². The summed E-state index contributed by atoms with van der Waals surface area (Å²) in [4.78, 5) is 12.1. The van der Waals surface area contributed by atoms with E-state index < -0.39 is 10.0 Å². The summed E-state index contributed by atoms with van der Waals surface area (Å²) < 4.78 is 25.6. The van der Waals surface area contributed by atoms with Crippen molar-refractivity contribution in [3.63, 3.8) is 0 Å². The monoisotopic (exact) mass is 400 g/mol. The maximum Gasteiger partial charge on any atom is 0.211 e. The van der Waals surface area contributed by atoms with E-state index in [0.717, 1.165) is 56.1 Å². The zero-order valence-corrected chi connectivity index (χ0v) is 17.5. The number of hydrogen-bond donors (Lipinski definition) is 0. The molecule has 7 heteroatoms. The van der Waals surface area contributed by atoms with Crippen molar-refractivity contribution in [3.8, 4) is 0 Å². The number of aryl methyl sites for hydroxylation is 1. The largest absolute Gasteiger partial charge is 0.352 e. The minimum absolute atomic E-state index is 0.0629. The Morgan fingerprint density at radius 2 is 1.89 bits per heavy atom. The summed E-state index contributed by atoms with van der Waals surface area (Å²) in [7, 11) is -3.18. The maximum atomic E-state index is 12.0. The maximum absolute atomic E-state index is 12.0. The van der Waals surface area contributed by atoms with Crippen LogP contribution in [0.5, 0.6) is 0 Å². The van der Waals surface area contributed by atoms with Crippen LogP contribution in [-0.2, 0) is 23.0 Å². The van der Waals surface area contributed by atoms with Gasteiger partial charge in [-0.3, -0.25) is 0 Å². The minimum atomic E-state index is -3.18. The van der Waals surface area contributed by atoms with Crippen LogP contribution in [0.3, 0.4) is 0 Å². The Morgan fingerprint density at radius 3 is 2.64 bits per heavy atom. The van der Waals surface area contributed by atoms with E-state index in [4.69, 9.17) is 9.97 Å². The zero-order chi connectivity index (χ0) is 19.7. The third-order valence-corrected chi connectivity index (χ3v) is 7.07. The Bertz CT molecular complexity index is 946. The average molecular weight is 401 g/mol. The molecule has 0 amide bonds. The lowest BCUT2D eigenvalue weighted by Gasteiger charge is -2.34. The van der Waals surface area contributed by atoms with E-state index in [0.29, 0.717) is 13.1 Å². The topological polar surface area (TPSA) is 66.4 Å². The average Bonchev–Trinajstić information content (AvgIpc) is 2.69. The lowest BCUT2D eigenvalue weighted by molar-refractivity contribution is 0.310. The van der Waals surface area contributed by atoms with Gasteiger partial charge in [-0.25, -0.2) is 22.7 Å². The second-order valence-corrected chi connectivity index (χ2v) is 9.92. The number of benzene rings is 1. The highest BCUT2D eigenvalue weighted by molar-refractivity contribution is 7.88. The van der Waals surface area contributed by atoms with Crippen molar-refractivity contribution in [2.24, 2.45) is 0 Å². The first-order valence-corrected chi connectivity index (χ1v) is 11.9. The molecular weight excluding hydrogens is 372 g/mol. The van der Waals surface area contributed by atoms with E-state index in [1.54, 1.807) is 4.31 Å². The van der Waals surface area contributed by atoms with Crippen LogP contribution in [0.15, 0.2) is 30.3 Å². The Balaban J connectivity index is 1.64. The Labute approximate surface area is 167 Å². The second-order valence-electron chi connectivity index (χ2n) is 7.94. The fourth-order valence-electron chi connectivity index (χ4n) is 4.30. The van der Waals surface area contributed by atoms with Crippen molar-refractivity contribution in [1.82, 2.24) is 14.3 Å². The number of nitrogens with zero attached hydrogens (tertiary/aromatic N) is 4. The summed E-state index contributed by atoms with van der Waals surface area (Å²) in [5.74, 6) is 1.90. The molecule has 0 unspecified atom stereocenters. The molecule has 1 aromatic carbocycles. The van der Waals surface area contributed by atoms with Crippen LogP contribution in [0, 0.1) is 6.92 Å². The van der Waals surface area contributed by atoms with Gasteiger partial charge >= 0.3 is 0 Å². The van der Waals surface area contributed by atoms with Crippen LogP contribution in [-0.4, -0.2) is 48.6 Å². The molecule has 150 valence electrons. The first-order chi connectivity index (χ1) is 13.4. The van der Waals surface area contributed by atoms with E-state index in [1.165, 1.54) is 17.4 Å². The van der Waals surface area contributed by atoms with E-state index in [-0.39, 0.29) is 5.92 Å². The fraction of sp³-hybridized carbons (Fsp3) is 0.524. The first kappa shape index (κ1) is 19.3. The Morgan fingerprint density at radius 1 is 1.11 bits per heavy atom. The molecule has 1 aromatic heterocycles. The summed E-state index contributed by atoms with van der Waals surface area (Å²) in [5.41, 5.74) is 3.55. The van der Waals surface area contributed by atoms with Crippen LogP contribution in [0.25, 0.3) is 0 Å². The lowest BCUT2D eigenvalue weighted by Crippen LogP contribution is -2.39. The third-order valence-electron chi connectivity index (χ3n) is 5.80. The molecular formula is C21H28N4O2S. The summed E-state index contributed by atoms with van der Waals surface area (Å²) in [6, 6.07) is 10.5. The molecule has 1 fully saturated rings. The van der Waals surface area contributed by atoms with E-state index >= 15 is 0 Å². The molecule has 6 nitrogen and oxygen atoms in total. The quantitative estimate of drug-likeness (QED) is 0.790. The van der Waals surface area contributed by atoms with Crippen molar-refractivity contribution in [2.75, 3.05) is 30.8 Å². The number of piperidine rings is 1. The molecule has 2 aliphatic heterocycles. The van der Waals surface area contributed by atoms with E-state index in [2.05, 4.69) is 36.1 Å². The van der Waals surface area contributed by atoms with Gasteiger partial charge in [0.25, 0.3) is 0 Å². The molecule has 4 rings (SSSR count). The zero-order valence-electron chi connectivity index (χ0n) is 16.6. The molecule has 0 saturated carbocycles. The molecule has 0 bridgehead atoms. The molecule has 3 heterocycles. The highest BCUT2D eigenvalue weighted by Crippen LogP contribution is 2.32. The summed E-state index contributed by atoms with van der Waals surface area (Å²) >= 11 is 0. The number of rotatable bonds is 4. The van der Waals surface area contributed by atoms with Gasteiger partial charge in [-0.15, -0.1) is 0 Å². The molecule has 1 saturated heterocycles. The molecule has 0 spiro atoms. The van der Waals surface area contributed by atoms with Gasteiger partial charge in [0.1, 0.15) is 11.6 Å². The van der Waals surface area contributed by atoms with Crippen LogP contribution >= 0.6 is 0 Å². The van der Waals surface area contributed by atoms with Gasteiger partial charge in [-0.05, 0) is 38.2 Å². The molecule has 0 aliphatic carbocycles. The predicted octanol–water partition coefficient (Wildman–Crippen LogP) is 2.88. The third kappa shape index (κ3) is 4.05. The highest BCUT2D eigenvalue weighted by atomic mass is 32.2. The number of aromatic nitrogens is 2. The highest BCUT2D eigenvalue weighted by Gasteiger charge is 2.30. The van der Waals surface area contributed by atoms with Gasteiger partial charge in [0.05, 0.1) is 6.26 Å². The van der Waals surface area contributed by atoms with Gasteiger partial charge in [-0.1, -0.05) is 30.3 Å². The van der Waals surface area contributed by atoms with Gasteiger partial charge in [0.2, 0.25) is 10.0 Å². The van der Waals surface area contributed by atoms with Gasteiger partial charge in [-0.2, -0.15) is 0 Å². The van der Waals surface area contributed by atoms with E-state index in [9.17, 15) is 8.42 Å². The molecule has 0 N–H and O–H groups in total. The van der Waals surface area contributed by atoms with Crippen LogP contribution < -0.4 is 4.90 Å². The van der Waals surface area contributed by atoms with E-state index in [1.807, 2.05) is 6.07 Å². The van der Waals surface area contributed by atoms with Crippen molar-refractivity contribution in [2.45, 2.75) is 45.1 Å². The second kappa shape index (κ2) is 7.79. The molecule has 1 atom stereocenters. The molecule has 28 heavy (non-hydrogen) atoms. The number of sulfonamides is 1. The summed E-state index contributed by atoms with van der Waals surface area (Å²) in [5, 5.41) is 0. The molecule has 2 aromatic rings. The van der Waals surface area contributed by atoms with Crippen LogP contribution in [0.2, 0.25) is 0 Å². The van der Waals surface area contributed by atoms with Crippen molar-refractivity contribution < 1.29 is 8.42 Å². The van der Waals surface area contributed by atoms with Gasteiger partial charge in [0.15, 0.2) is 0 Å². The van der Waals surface area contributed by atoms with Crippen molar-refractivity contribution in [1.29, 1.82) is 0 Å². The van der Waals surface area contributed by atoms with Crippen LogP contribution in [0.4, 0.5) is 5.82 Å². The van der Waals surface area contributed by atoms with Crippen molar-refractivity contribution >= 4 is 15.8 Å². The minimum Gasteiger partial charge on any atom is -0.352 e. The molecule has 2 aliphatic rings. The number of anilines is 1. The SMILES string of the molecule is Cc1nc([C@@H]2CCCN(S(C)(=O)=O)C2)nc2c1CCCN2Cc1ccccc1. The normalized spacial score (nSPS) is 20.8. The Hall–Kier alpha value is -1.99. The van der Waals surface area contributed by atoms with Crippen LogP contribution in [0.1, 0.15) is 47.8 Å². The first-order valence-electron chi connectivity index (χ1n) is 10.0.